The van der Waals surface area contributed by atoms with Gasteiger partial charge in [0.15, 0.2) is 5.96 Å². The lowest BCUT2D eigenvalue weighted by atomic mass is 10.1. The summed E-state index contributed by atoms with van der Waals surface area (Å²) in [4.78, 5) is 15.4. The van der Waals surface area contributed by atoms with E-state index in [1.54, 1.807) is 14.1 Å². The summed E-state index contributed by atoms with van der Waals surface area (Å²) in [7, 11) is 3.41. The van der Waals surface area contributed by atoms with E-state index >= 15 is 0 Å². The molecule has 0 spiro atoms. The summed E-state index contributed by atoms with van der Waals surface area (Å²) < 4.78 is 0. The Morgan fingerprint density at radius 2 is 1.94 bits per heavy atom. The van der Waals surface area contributed by atoms with Crippen LogP contribution in [0.15, 0.2) is 35.3 Å². The molecule has 0 bridgehead atoms. The van der Waals surface area contributed by atoms with Crippen molar-refractivity contribution >= 4 is 11.9 Å². The van der Waals surface area contributed by atoms with Gasteiger partial charge in [-0.15, -0.1) is 0 Å². The second-order valence-electron chi connectivity index (χ2n) is 3.76. The van der Waals surface area contributed by atoms with Crippen LogP contribution in [0, 0.1) is 0 Å². The van der Waals surface area contributed by atoms with Crippen LogP contribution < -0.4 is 16.0 Å². The first-order valence-corrected chi connectivity index (χ1v) is 5.95. The highest BCUT2D eigenvalue weighted by Crippen LogP contribution is 1.97. The third-order valence-corrected chi connectivity index (χ3v) is 2.46. The Morgan fingerprint density at radius 3 is 2.56 bits per heavy atom. The standard InChI is InChI=1S/C13H20N4O/c1-14-13(15-2)17-10-12(18)16-9-8-11-6-4-3-5-7-11/h3-7H,8-10H2,1-2H3,(H,16,18)(H2,14,15,17). The van der Waals surface area contributed by atoms with Crippen LogP contribution in [-0.2, 0) is 11.2 Å². The van der Waals surface area contributed by atoms with Gasteiger partial charge in [0, 0.05) is 20.6 Å². The number of nitrogens with zero attached hydrogens (tertiary/aromatic N) is 1. The molecular formula is C13H20N4O. The van der Waals surface area contributed by atoms with Gasteiger partial charge in [0.25, 0.3) is 0 Å². The highest BCUT2D eigenvalue weighted by molar-refractivity contribution is 5.86. The van der Waals surface area contributed by atoms with Crippen molar-refractivity contribution in [3.8, 4) is 0 Å². The van der Waals surface area contributed by atoms with E-state index in [9.17, 15) is 4.79 Å². The van der Waals surface area contributed by atoms with Crippen LogP contribution in [0.5, 0.6) is 0 Å². The molecule has 0 heterocycles. The predicted molar refractivity (Wildman–Crippen MR) is 73.6 cm³/mol. The minimum atomic E-state index is -0.0395. The third-order valence-electron chi connectivity index (χ3n) is 2.46. The quantitative estimate of drug-likeness (QED) is 0.513. The van der Waals surface area contributed by atoms with E-state index < -0.39 is 0 Å². The lowest BCUT2D eigenvalue weighted by Gasteiger charge is -2.09. The molecule has 5 nitrogen and oxygen atoms in total. The van der Waals surface area contributed by atoms with E-state index in [0.717, 1.165) is 6.42 Å². The van der Waals surface area contributed by atoms with Gasteiger partial charge in [-0.05, 0) is 12.0 Å². The van der Waals surface area contributed by atoms with Gasteiger partial charge in [0.1, 0.15) is 0 Å². The van der Waals surface area contributed by atoms with Gasteiger partial charge < -0.3 is 16.0 Å². The maximum atomic E-state index is 11.5. The summed E-state index contributed by atoms with van der Waals surface area (Å²) in [6.45, 7) is 0.866. The summed E-state index contributed by atoms with van der Waals surface area (Å²) in [6.07, 6.45) is 0.841. The maximum Gasteiger partial charge on any atom is 0.239 e. The van der Waals surface area contributed by atoms with Crippen LogP contribution in [-0.4, -0.2) is 39.1 Å². The number of rotatable bonds is 5. The number of amides is 1. The molecule has 0 aromatic heterocycles. The second-order valence-corrected chi connectivity index (χ2v) is 3.76. The Morgan fingerprint density at radius 1 is 1.22 bits per heavy atom. The Hall–Kier alpha value is -2.04. The summed E-state index contributed by atoms with van der Waals surface area (Å²) in [5.74, 6) is 0.565. The van der Waals surface area contributed by atoms with Crippen molar-refractivity contribution in [1.82, 2.24) is 16.0 Å². The van der Waals surface area contributed by atoms with Gasteiger partial charge >= 0.3 is 0 Å². The van der Waals surface area contributed by atoms with Gasteiger partial charge in [-0.2, -0.15) is 0 Å². The average molecular weight is 248 g/mol. The normalized spacial score (nSPS) is 10.9. The van der Waals surface area contributed by atoms with Crippen molar-refractivity contribution in [2.45, 2.75) is 6.42 Å². The van der Waals surface area contributed by atoms with Crippen molar-refractivity contribution in [2.24, 2.45) is 4.99 Å². The van der Waals surface area contributed by atoms with Gasteiger partial charge in [-0.1, -0.05) is 30.3 Å². The molecule has 0 atom stereocenters. The molecule has 18 heavy (non-hydrogen) atoms. The van der Waals surface area contributed by atoms with Crippen molar-refractivity contribution in [3.63, 3.8) is 0 Å². The predicted octanol–water partition coefficient (Wildman–Crippen LogP) is 0.140. The minimum Gasteiger partial charge on any atom is -0.359 e. The lowest BCUT2D eigenvalue weighted by Crippen LogP contribution is -2.42. The summed E-state index contributed by atoms with van der Waals surface area (Å²) in [5.41, 5.74) is 1.22. The second kappa shape index (κ2) is 8.11. The first-order chi connectivity index (χ1) is 8.76. The third kappa shape index (κ3) is 5.34. The van der Waals surface area contributed by atoms with Crippen LogP contribution in [0.2, 0.25) is 0 Å². The monoisotopic (exact) mass is 248 g/mol. The molecule has 1 aromatic rings. The Balaban J connectivity index is 2.18. The fourth-order valence-corrected chi connectivity index (χ4v) is 1.50. The molecule has 0 saturated heterocycles. The molecular weight excluding hydrogens is 228 g/mol. The number of carbonyl (C=O) groups is 1. The molecule has 1 rings (SSSR count). The van der Waals surface area contributed by atoms with Crippen LogP contribution in [0.1, 0.15) is 5.56 Å². The number of carbonyl (C=O) groups excluding carboxylic acids is 1. The maximum absolute atomic E-state index is 11.5. The van der Waals surface area contributed by atoms with E-state index in [2.05, 4.69) is 20.9 Å². The van der Waals surface area contributed by atoms with Crippen molar-refractivity contribution in [1.29, 1.82) is 0 Å². The number of nitrogens with one attached hydrogen (secondary N) is 3. The number of benzene rings is 1. The Kier molecular flexibility index (Phi) is 6.32. The molecule has 0 unspecified atom stereocenters. The molecule has 1 amide bonds. The van der Waals surface area contributed by atoms with E-state index in [1.807, 2.05) is 30.3 Å². The summed E-state index contributed by atoms with van der Waals surface area (Å²) in [6, 6.07) is 10.1. The van der Waals surface area contributed by atoms with Crippen molar-refractivity contribution < 1.29 is 4.79 Å². The topological polar surface area (TPSA) is 65.5 Å². The molecule has 5 heteroatoms. The van der Waals surface area contributed by atoms with E-state index in [0.29, 0.717) is 12.5 Å². The lowest BCUT2D eigenvalue weighted by molar-refractivity contribution is -0.119. The van der Waals surface area contributed by atoms with Gasteiger partial charge in [-0.25, -0.2) is 0 Å². The molecule has 98 valence electrons. The average Bonchev–Trinajstić information content (AvgIpc) is 2.41. The summed E-state index contributed by atoms with van der Waals surface area (Å²) >= 11 is 0. The largest absolute Gasteiger partial charge is 0.359 e. The van der Waals surface area contributed by atoms with Gasteiger partial charge in [0.05, 0.1) is 6.54 Å². The van der Waals surface area contributed by atoms with E-state index in [4.69, 9.17) is 0 Å². The zero-order valence-electron chi connectivity index (χ0n) is 10.9. The number of guanidine groups is 1. The number of aliphatic imine (C=N–C) groups is 1. The molecule has 0 aliphatic rings. The minimum absolute atomic E-state index is 0.0395. The van der Waals surface area contributed by atoms with Gasteiger partial charge in [0.2, 0.25) is 5.91 Å². The smallest absolute Gasteiger partial charge is 0.239 e. The summed E-state index contributed by atoms with van der Waals surface area (Å²) in [5, 5.41) is 8.59. The Labute approximate surface area is 108 Å². The van der Waals surface area contributed by atoms with Crippen molar-refractivity contribution in [2.75, 3.05) is 27.2 Å². The van der Waals surface area contributed by atoms with Crippen LogP contribution >= 0.6 is 0 Å². The van der Waals surface area contributed by atoms with Crippen molar-refractivity contribution in [3.05, 3.63) is 35.9 Å². The first kappa shape index (κ1) is 14.0. The Bertz CT molecular complexity index is 389. The highest BCUT2D eigenvalue weighted by atomic mass is 16.1. The molecule has 1 aromatic carbocycles. The molecule has 0 aliphatic heterocycles. The highest BCUT2D eigenvalue weighted by Gasteiger charge is 2.01. The number of hydrogen-bond donors (Lipinski definition) is 3. The molecule has 0 fully saturated rings. The molecule has 0 saturated carbocycles. The number of hydrogen-bond acceptors (Lipinski definition) is 2. The fraction of sp³-hybridized carbons (Fsp3) is 0.385. The molecule has 0 radical (unpaired) electrons. The van der Waals surface area contributed by atoms with Crippen LogP contribution in [0.4, 0.5) is 0 Å². The van der Waals surface area contributed by atoms with Gasteiger partial charge in [-0.3, -0.25) is 9.79 Å². The molecule has 0 aliphatic carbocycles. The van der Waals surface area contributed by atoms with Crippen LogP contribution in [0.25, 0.3) is 0 Å². The van der Waals surface area contributed by atoms with Crippen LogP contribution in [0.3, 0.4) is 0 Å². The first-order valence-electron chi connectivity index (χ1n) is 5.95. The fourth-order valence-electron chi connectivity index (χ4n) is 1.50. The molecule has 3 N–H and O–H groups in total. The SMILES string of the molecule is CN=C(NC)NCC(=O)NCCc1ccccc1. The van der Waals surface area contributed by atoms with E-state index in [-0.39, 0.29) is 12.5 Å². The van der Waals surface area contributed by atoms with E-state index in [1.165, 1.54) is 5.56 Å². The zero-order chi connectivity index (χ0) is 13.2. The zero-order valence-corrected chi connectivity index (χ0v) is 10.9.